The van der Waals surface area contributed by atoms with E-state index in [-0.39, 0.29) is 22.5 Å². The maximum Gasteiger partial charge on any atom is 0.202 e. The predicted octanol–water partition coefficient (Wildman–Crippen LogP) is 1.49. The summed E-state index contributed by atoms with van der Waals surface area (Å²) in [4.78, 5) is 11.3. The summed E-state index contributed by atoms with van der Waals surface area (Å²) in [5, 5.41) is 0. The van der Waals surface area contributed by atoms with Gasteiger partial charge in [-0.3, -0.25) is 4.79 Å². The molecule has 0 N–H and O–H groups in total. The first kappa shape index (κ1) is 13.2. The van der Waals surface area contributed by atoms with E-state index in [2.05, 4.69) is 4.74 Å². The summed E-state index contributed by atoms with van der Waals surface area (Å²) in [5.74, 6) is -0.739. The minimum Gasteiger partial charge on any atom is -0.368 e. The van der Waals surface area contributed by atoms with Gasteiger partial charge in [-0.15, -0.1) is 11.6 Å². The second kappa shape index (κ2) is 5.43. The van der Waals surface area contributed by atoms with Crippen LogP contribution in [0.5, 0.6) is 0 Å². The highest BCUT2D eigenvalue weighted by atomic mass is 35.5. The molecule has 0 radical (unpaired) electrons. The lowest BCUT2D eigenvalue weighted by molar-refractivity contribution is 0.102. The van der Waals surface area contributed by atoms with Crippen molar-refractivity contribution >= 4 is 27.2 Å². The summed E-state index contributed by atoms with van der Waals surface area (Å²) in [6.45, 7) is 0. The van der Waals surface area contributed by atoms with Crippen molar-refractivity contribution in [3.05, 3.63) is 29.8 Å². The van der Waals surface area contributed by atoms with Crippen LogP contribution in [-0.4, -0.2) is 33.1 Å². The van der Waals surface area contributed by atoms with Crippen LogP contribution in [-0.2, 0) is 14.6 Å². The summed E-state index contributed by atoms with van der Waals surface area (Å²) < 4.78 is 27.7. The number of ether oxygens (including phenoxy) is 1. The van der Waals surface area contributed by atoms with E-state index in [1.165, 1.54) is 31.4 Å². The van der Waals surface area contributed by atoms with Crippen molar-refractivity contribution in [2.75, 3.05) is 18.9 Å². The van der Waals surface area contributed by atoms with Crippen molar-refractivity contribution in [2.45, 2.75) is 4.90 Å². The fourth-order valence-corrected chi connectivity index (χ4v) is 2.30. The average molecular weight is 263 g/mol. The Morgan fingerprint density at radius 2 is 1.88 bits per heavy atom. The SMILES string of the molecule is COCS(=O)(=O)c1ccc(C(=O)CCl)cc1. The first-order chi connectivity index (χ1) is 7.51. The Kier molecular flexibility index (Phi) is 4.46. The van der Waals surface area contributed by atoms with Gasteiger partial charge in [0.25, 0.3) is 0 Å². The fourth-order valence-electron chi connectivity index (χ4n) is 1.15. The van der Waals surface area contributed by atoms with E-state index < -0.39 is 9.84 Å². The number of rotatable bonds is 5. The summed E-state index contributed by atoms with van der Waals surface area (Å²) in [7, 11) is -2.12. The van der Waals surface area contributed by atoms with Crippen molar-refractivity contribution < 1.29 is 17.9 Å². The number of carbonyl (C=O) groups is 1. The molecule has 16 heavy (non-hydrogen) atoms. The van der Waals surface area contributed by atoms with E-state index in [9.17, 15) is 13.2 Å². The third-order valence-corrected chi connectivity index (χ3v) is 3.71. The van der Waals surface area contributed by atoms with Gasteiger partial charge in [0, 0.05) is 12.7 Å². The molecule has 1 rings (SSSR count). The summed E-state index contributed by atoms with van der Waals surface area (Å²) in [5.41, 5.74) is 0.395. The largest absolute Gasteiger partial charge is 0.368 e. The normalized spacial score (nSPS) is 11.4. The minimum absolute atomic E-state index is 0.121. The van der Waals surface area contributed by atoms with Crippen molar-refractivity contribution in [2.24, 2.45) is 0 Å². The van der Waals surface area contributed by atoms with Gasteiger partial charge in [0.15, 0.2) is 11.7 Å². The lowest BCUT2D eigenvalue weighted by Gasteiger charge is -2.03. The Bertz CT molecular complexity index is 464. The van der Waals surface area contributed by atoms with Crippen molar-refractivity contribution in [1.82, 2.24) is 0 Å². The number of benzene rings is 1. The molecule has 0 saturated carbocycles. The topological polar surface area (TPSA) is 60.4 Å². The van der Waals surface area contributed by atoms with Gasteiger partial charge >= 0.3 is 0 Å². The Labute approximate surface area is 99.1 Å². The van der Waals surface area contributed by atoms with Crippen LogP contribution in [0.3, 0.4) is 0 Å². The molecule has 0 saturated heterocycles. The van der Waals surface area contributed by atoms with Crippen LogP contribution in [0.4, 0.5) is 0 Å². The van der Waals surface area contributed by atoms with E-state index in [4.69, 9.17) is 11.6 Å². The highest BCUT2D eigenvalue weighted by Gasteiger charge is 2.14. The molecule has 0 heterocycles. The number of alkyl halides is 1. The molecule has 0 aliphatic carbocycles. The van der Waals surface area contributed by atoms with Gasteiger partial charge in [-0.2, -0.15) is 0 Å². The van der Waals surface area contributed by atoms with Gasteiger partial charge < -0.3 is 4.74 Å². The quantitative estimate of drug-likeness (QED) is 0.596. The average Bonchev–Trinajstić information content (AvgIpc) is 2.28. The van der Waals surface area contributed by atoms with Gasteiger partial charge in [-0.05, 0) is 12.1 Å². The molecular formula is C10H11ClO4S. The molecule has 4 nitrogen and oxygen atoms in total. The molecule has 88 valence electrons. The zero-order valence-electron chi connectivity index (χ0n) is 8.64. The Morgan fingerprint density at radius 1 is 1.31 bits per heavy atom. The number of Topliss-reactive ketones (excluding diaryl/α,β-unsaturated/α-hetero) is 1. The number of hydrogen-bond acceptors (Lipinski definition) is 4. The molecule has 0 amide bonds. The molecule has 0 aliphatic rings. The van der Waals surface area contributed by atoms with E-state index >= 15 is 0 Å². The number of ketones is 1. The van der Waals surface area contributed by atoms with E-state index in [0.29, 0.717) is 5.56 Å². The number of methoxy groups -OCH3 is 1. The van der Waals surface area contributed by atoms with Crippen molar-refractivity contribution in [3.63, 3.8) is 0 Å². The van der Waals surface area contributed by atoms with Crippen molar-refractivity contribution in [3.8, 4) is 0 Å². The molecule has 0 aromatic heterocycles. The second-order valence-corrected chi connectivity index (χ2v) is 5.31. The maximum absolute atomic E-state index is 11.5. The van der Waals surface area contributed by atoms with Gasteiger partial charge in [-0.1, -0.05) is 12.1 Å². The molecule has 0 fully saturated rings. The molecule has 6 heteroatoms. The van der Waals surface area contributed by atoms with Gasteiger partial charge in [-0.25, -0.2) is 8.42 Å². The highest BCUT2D eigenvalue weighted by Crippen LogP contribution is 2.13. The third-order valence-electron chi connectivity index (χ3n) is 1.93. The van der Waals surface area contributed by atoms with Gasteiger partial charge in [0.1, 0.15) is 0 Å². The number of sulfone groups is 1. The van der Waals surface area contributed by atoms with E-state index in [0.717, 1.165) is 0 Å². The summed E-state index contributed by atoms with van der Waals surface area (Å²) in [6, 6.07) is 5.61. The first-order valence-corrected chi connectivity index (χ1v) is 6.61. The zero-order chi connectivity index (χ0) is 12.2. The molecule has 0 aliphatic heterocycles. The van der Waals surface area contributed by atoms with Gasteiger partial charge in [0.05, 0.1) is 10.8 Å². The monoisotopic (exact) mass is 262 g/mol. The maximum atomic E-state index is 11.5. The van der Waals surface area contributed by atoms with E-state index in [1.807, 2.05) is 0 Å². The Morgan fingerprint density at radius 3 is 2.31 bits per heavy atom. The standard InChI is InChI=1S/C10H11ClO4S/c1-15-7-16(13,14)9-4-2-8(3-5-9)10(12)6-11/h2-5H,6-7H2,1H3. The molecule has 0 bridgehead atoms. The number of hydrogen-bond donors (Lipinski definition) is 0. The summed E-state index contributed by atoms with van der Waals surface area (Å²) >= 11 is 5.38. The smallest absolute Gasteiger partial charge is 0.202 e. The number of carbonyl (C=O) groups excluding carboxylic acids is 1. The lowest BCUT2D eigenvalue weighted by Crippen LogP contribution is -2.09. The molecule has 0 unspecified atom stereocenters. The Balaban J connectivity index is 3.00. The fraction of sp³-hybridized carbons (Fsp3) is 0.300. The molecular weight excluding hydrogens is 252 g/mol. The predicted molar refractivity (Wildman–Crippen MR) is 60.6 cm³/mol. The van der Waals surface area contributed by atoms with Crippen LogP contribution >= 0.6 is 11.6 Å². The van der Waals surface area contributed by atoms with Crippen LogP contribution in [0.15, 0.2) is 29.2 Å². The van der Waals surface area contributed by atoms with E-state index in [1.54, 1.807) is 0 Å². The van der Waals surface area contributed by atoms with Crippen LogP contribution in [0.1, 0.15) is 10.4 Å². The Hall–Kier alpha value is -0.910. The second-order valence-electron chi connectivity index (χ2n) is 3.10. The first-order valence-electron chi connectivity index (χ1n) is 4.42. The van der Waals surface area contributed by atoms with Crippen LogP contribution < -0.4 is 0 Å². The molecule has 0 atom stereocenters. The summed E-state index contributed by atoms with van der Waals surface area (Å²) in [6.07, 6.45) is 0. The highest BCUT2D eigenvalue weighted by molar-refractivity contribution is 7.91. The van der Waals surface area contributed by atoms with Crippen LogP contribution in [0.2, 0.25) is 0 Å². The molecule has 1 aromatic carbocycles. The van der Waals surface area contributed by atoms with Crippen molar-refractivity contribution in [1.29, 1.82) is 0 Å². The molecule has 0 spiro atoms. The van der Waals surface area contributed by atoms with Crippen LogP contribution in [0, 0.1) is 0 Å². The zero-order valence-corrected chi connectivity index (χ0v) is 10.2. The van der Waals surface area contributed by atoms with Crippen LogP contribution in [0.25, 0.3) is 0 Å². The number of halogens is 1. The lowest BCUT2D eigenvalue weighted by atomic mass is 10.1. The third kappa shape index (κ3) is 3.04. The molecule has 1 aromatic rings. The minimum atomic E-state index is -3.43. The van der Waals surface area contributed by atoms with Gasteiger partial charge in [0.2, 0.25) is 9.84 Å².